The average Bonchev–Trinajstić information content (AvgIpc) is 2.70. The van der Waals surface area contributed by atoms with E-state index in [0.29, 0.717) is 19.4 Å². The van der Waals surface area contributed by atoms with Crippen LogP contribution in [0.5, 0.6) is 0 Å². The van der Waals surface area contributed by atoms with Gasteiger partial charge in [0.2, 0.25) is 5.91 Å². The molecule has 5 nitrogen and oxygen atoms in total. The number of carboxylic acid groups (broad SMARTS) is 1. The second-order valence-corrected chi connectivity index (χ2v) is 6.10. The van der Waals surface area contributed by atoms with Crippen molar-refractivity contribution in [3.63, 3.8) is 0 Å². The van der Waals surface area contributed by atoms with Crippen molar-refractivity contribution in [2.24, 2.45) is 11.8 Å². The van der Waals surface area contributed by atoms with E-state index in [0.717, 1.165) is 22.2 Å². The first-order valence-electron chi connectivity index (χ1n) is 7.55. The van der Waals surface area contributed by atoms with Crippen LogP contribution in [-0.4, -0.2) is 22.0 Å². The number of benzene rings is 1. The van der Waals surface area contributed by atoms with Gasteiger partial charge in [0.25, 0.3) is 0 Å². The van der Waals surface area contributed by atoms with Gasteiger partial charge < -0.3 is 15.4 Å². The third-order valence-corrected chi connectivity index (χ3v) is 4.77. The topological polar surface area (TPSA) is 82.2 Å². The summed E-state index contributed by atoms with van der Waals surface area (Å²) in [5.74, 6) is -1.92. The van der Waals surface area contributed by atoms with Crippen LogP contribution in [0.15, 0.2) is 18.2 Å². The van der Waals surface area contributed by atoms with Crippen molar-refractivity contribution >= 4 is 22.8 Å². The lowest BCUT2D eigenvalue weighted by Gasteiger charge is -2.31. The van der Waals surface area contributed by atoms with Crippen molar-refractivity contribution in [1.82, 2.24) is 10.3 Å². The molecule has 3 rings (SSSR count). The highest BCUT2D eigenvalue weighted by molar-refractivity contribution is 5.87. The molecular formula is C17H20N2O3. The Bertz CT molecular complexity index is 748. The molecule has 0 saturated heterocycles. The van der Waals surface area contributed by atoms with Gasteiger partial charge >= 0.3 is 5.97 Å². The van der Waals surface area contributed by atoms with Gasteiger partial charge in [-0.1, -0.05) is 6.07 Å². The first-order valence-corrected chi connectivity index (χ1v) is 7.55. The molecule has 116 valence electrons. The van der Waals surface area contributed by atoms with Gasteiger partial charge in [0.15, 0.2) is 0 Å². The van der Waals surface area contributed by atoms with Gasteiger partial charge in [-0.2, -0.15) is 0 Å². The van der Waals surface area contributed by atoms with Crippen molar-refractivity contribution in [3.8, 4) is 0 Å². The molecule has 5 heteroatoms. The van der Waals surface area contributed by atoms with Crippen LogP contribution >= 0.6 is 0 Å². The minimum atomic E-state index is -0.869. The molecule has 1 aliphatic rings. The Morgan fingerprint density at radius 2 is 2.00 bits per heavy atom. The fourth-order valence-corrected chi connectivity index (χ4v) is 3.05. The molecule has 3 N–H and O–H groups in total. The van der Waals surface area contributed by atoms with Gasteiger partial charge in [0, 0.05) is 23.1 Å². The fraction of sp³-hybridized carbons (Fsp3) is 0.412. The number of carboxylic acids is 1. The van der Waals surface area contributed by atoms with Crippen molar-refractivity contribution in [2.45, 2.75) is 33.2 Å². The zero-order valence-corrected chi connectivity index (χ0v) is 12.8. The Kier molecular flexibility index (Phi) is 3.64. The Morgan fingerprint density at radius 3 is 2.64 bits per heavy atom. The molecule has 1 fully saturated rings. The highest BCUT2D eigenvalue weighted by Crippen LogP contribution is 2.34. The van der Waals surface area contributed by atoms with Crippen molar-refractivity contribution in [1.29, 1.82) is 0 Å². The minimum absolute atomic E-state index is 0.152. The van der Waals surface area contributed by atoms with Gasteiger partial charge in [-0.3, -0.25) is 9.59 Å². The molecular weight excluding hydrogens is 280 g/mol. The van der Waals surface area contributed by atoms with E-state index >= 15 is 0 Å². The summed E-state index contributed by atoms with van der Waals surface area (Å²) in [5, 5.41) is 13.0. The molecule has 2 aromatic rings. The number of H-pyrrole nitrogens is 1. The smallest absolute Gasteiger partial charge is 0.307 e. The van der Waals surface area contributed by atoms with E-state index < -0.39 is 11.9 Å². The second kappa shape index (κ2) is 5.48. The molecule has 1 aromatic carbocycles. The third kappa shape index (κ3) is 2.47. The molecule has 2 unspecified atom stereocenters. The summed E-state index contributed by atoms with van der Waals surface area (Å²) < 4.78 is 0. The molecule has 0 bridgehead atoms. The summed E-state index contributed by atoms with van der Waals surface area (Å²) in [6, 6.07) is 6.07. The zero-order valence-electron chi connectivity index (χ0n) is 12.8. The molecule has 22 heavy (non-hydrogen) atoms. The van der Waals surface area contributed by atoms with Crippen LogP contribution in [0.4, 0.5) is 0 Å². The summed E-state index contributed by atoms with van der Waals surface area (Å²) in [4.78, 5) is 26.4. The largest absolute Gasteiger partial charge is 0.481 e. The van der Waals surface area contributed by atoms with Crippen molar-refractivity contribution in [2.75, 3.05) is 0 Å². The van der Waals surface area contributed by atoms with Gasteiger partial charge in [-0.25, -0.2) is 0 Å². The van der Waals surface area contributed by atoms with E-state index in [-0.39, 0.29) is 11.8 Å². The molecule has 1 aromatic heterocycles. The number of hydrogen-bond acceptors (Lipinski definition) is 2. The minimum Gasteiger partial charge on any atom is -0.481 e. The maximum atomic E-state index is 12.1. The summed E-state index contributed by atoms with van der Waals surface area (Å²) in [7, 11) is 0. The number of aromatic nitrogens is 1. The van der Waals surface area contributed by atoms with Crippen LogP contribution in [0.1, 0.15) is 29.7 Å². The normalized spacial score (nSPS) is 20.6. The van der Waals surface area contributed by atoms with E-state index in [2.05, 4.69) is 23.3 Å². The van der Waals surface area contributed by atoms with Gasteiger partial charge in [0.05, 0.1) is 11.8 Å². The number of fused-ring (bicyclic) bond motifs is 1. The molecule has 1 saturated carbocycles. The van der Waals surface area contributed by atoms with E-state index in [9.17, 15) is 9.59 Å². The van der Waals surface area contributed by atoms with Crippen molar-refractivity contribution < 1.29 is 14.7 Å². The van der Waals surface area contributed by atoms with Gasteiger partial charge in [-0.15, -0.1) is 0 Å². The van der Waals surface area contributed by atoms with E-state index in [1.165, 1.54) is 5.56 Å². The first kappa shape index (κ1) is 14.6. The first-order chi connectivity index (χ1) is 10.5. The third-order valence-electron chi connectivity index (χ3n) is 4.77. The maximum Gasteiger partial charge on any atom is 0.307 e. The summed E-state index contributed by atoms with van der Waals surface area (Å²) in [6.45, 7) is 4.54. The number of rotatable bonds is 4. The number of aliphatic carboxylic acids is 1. The summed E-state index contributed by atoms with van der Waals surface area (Å²) in [6.07, 6.45) is 1.26. The van der Waals surface area contributed by atoms with Crippen LogP contribution in [0, 0.1) is 25.7 Å². The number of nitrogens with one attached hydrogen (secondary N) is 2. The van der Waals surface area contributed by atoms with E-state index in [4.69, 9.17) is 5.11 Å². The molecule has 1 amide bonds. The highest BCUT2D eigenvalue weighted by atomic mass is 16.4. The van der Waals surface area contributed by atoms with E-state index in [1.54, 1.807) is 0 Å². The number of hydrogen-bond donors (Lipinski definition) is 3. The second-order valence-electron chi connectivity index (χ2n) is 6.10. The molecule has 0 spiro atoms. The van der Waals surface area contributed by atoms with Crippen LogP contribution in [0.3, 0.4) is 0 Å². The average molecular weight is 300 g/mol. The number of aryl methyl sites for hydroxylation is 2. The summed E-state index contributed by atoms with van der Waals surface area (Å²) in [5.41, 5.74) is 4.48. The molecule has 0 radical (unpaired) electrons. The lowest BCUT2D eigenvalue weighted by molar-refractivity contribution is -0.152. The Morgan fingerprint density at radius 1 is 1.27 bits per heavy atom. The molecule has 0 aliphatic heterocycles. The number of carbonyl (C=O) groups excluding carboxylic acids is 1. The predicted molar refractivity (Wildman–Crippen MR) is 83.5 cm³/mol. The SMILES string of the molecule is Cc1[nH]c2ccc(CNC(=O)C3CCC3C(=O)O)cc2c1C. The number of amides is 1. The quantitative estimate of drug-likeness (QED) is 0.811. The maximum absolute atomic E-state index is 12.1. The van der Waals surface area contributed by atoms with Crippen molar-refractivity contribution in [3.05, 3.63) is 35.0 Å². The fourth-order valence-electron chi connectivity index (χ4n) is 3.05. The highest BCUT2D eigenvalue weighted by Gasteiger charge is 2.41. The Labute approximate surface area is 128 Å². The van der Waals surface area contributed by atoms with Crippen LogP contribution in [-0.2, 0) is 16.1 Å². The van der Waals surface area contributed by atoms with Crippen LogP contribution < -0.4 is 5.32 Å². The lowest BCUT2D eigenvalue weighted by atomic mass is 9.73. The zero-order chi connectivity index (χ0) is 15.9. The number of carbonyl (C=O) groups is 2. The Balaban J connectivity index is 1.67. The standard InChI is InChI=1S/C17H20N2O3/c1-9-10(2)19-15-6-3-11(7-14(9)15)8-18-16(20)12-4-5-13(12)17(21)22/h3,6-7,12-13,19H,4-5,8H2,1-2H3,(H,18,20)(H,21,22). The molecule has 1 aliphatic carbocycles. The monoisotopic (exact) mass is 300 g/mol. The molecule has 2 atom stereocenters. The van der Waals surface area contributed by atoms with E-state index in [1.807, 2.05) is 19.1 Å². The summed E-state index contributed by atoms with van der Waals surface area (Å²) >= 11 is 0. The van der Waals surface area contributed by atoms with Crippen LogP contribution in [0.2, 0.25) is 0 Å². The predicted octanol–water partition coefficient (Wildman–Crippen LogP) is 2.51. The Hall–Kier alpha value is -2.30. The lowest BCUT2D eigenvalue weighted by Crippen LogP contribution is -2.43. The van der Waals surface area contributed by atoms with Crippen LogP contribution in [0.25, 0.3) is 10.9 Å². The number of aromatic amines is 1. The van der Waals surface area contributed by atoms with Gasteiger partial charge in [0.1, 0.15) is 0 Å². The molecule has 1 heterocycles. The van der Waals surface area contributed by atoms with Gasteiger partial charge in [-0.05, 0) is 49.9 Å².